The van der Waals surface area contributed by atoms with Crippen LogP contribution < -0.4 is 10.6 Å². The van der Waals surface area contributed by atoms with Gasteiger partial charge in [0.15, 0.2) is 6.04 Å². The fourth-order valence-electron chi connectivity index (χ4n) is 2.87. The monoisotopic (exact) mass is 376 g/mol. The van der Waals surface area contributed by atoms with Gasteiger partial charge in [0.1, 0.15) is 6.04 Å². The second kappa shape index (κ2) is 8.63. The van der Waals surface area contributed by atoms with E-state index in [0.29, 0.717) is 11.3 Å². The summed E-state index contributed by atoms with van der Waals surface area (Å²) in [6.45, 7) is 3.98. The minimum Gasteiger partial charge on any atom is -0.326 e. The SMILES string of the molecule is Cc1ccc([C@H]([NH2+][C@H](C)C(=O)Nc2ccc(C#N)cc2)c2cccs2)cc1. The van der Waals surface area contributed by atoms with Gasteiger partial charge in [-0.05, 0) is 49.6 Å². The number of quaternary nitrogens is 1. The number of carbonyl (C=O) groups is 1. The Labute approximate surface area is 163 Å². The number of hydrogen-bond donors (Lipinski definition) is 2. The largest absolute Gasteiger partial charge is 0.326 e. The predicted octanol–water partition coefficient (Wildman–Crippen LogP) is 3.61. The first-order valence-electron chi connectivity index (χ1n) is 8.83. The zero-order valence-corrected chi connectivity index (χ0v) is 16.2. The average Bonchev–Trinajstić information content (AvgIpc) is 3.22. The molecule has 0 saturated heterocycles. The van der Waals surface area contributed by atoms with Crippen LogP contribution in [0.2, 0.25) is 0 Å². The number of amides is 1. The van der Waals surface area contributed by atoms with Crippen LogP contribution >= 0.6 is 11.3 Å². The molecule has 0 fully saturated rings. The Kier molecular flexibility index (Phi) is 6.02. The lowest BCUT2D eigenvalue weighted by Crippen LogP contribution is -2.92. The molecule has 0 bridgehead atoms. The zero-order valence-electron chi connectivity index (χ0n) is 15.3. The van der Waals surface area contributed by atoms with Crippen molar-refractivity contribution in [3.8, 4) is 6.07 Å². The molecule has 0 unspecified atom stereocenters. The van der Waals surface area contributed by atoms with E-state index in [4.69, 9.17) is 5.26 Å². The van der Waals surface area contributed by atoms with Crippen molar-refractivity contribution < 1.29 is 10.1 Å². The van der Waals surface area contributed by atoms with Gasteiger partial charge >= 0.3 is 0 Å². The first-order valence-corrected chi connectivity index (χ1v) is 9.71. The van der Waals surface area contributed by atoms with Gasteiger partial charge in [0.2, 0.25) is 0 Å². The molecule has 3 aromatic rings. The van der Waals surface area contributed by atoms with Crippen LogP contribution in [-0.4, -0.2) is 11.9 Å². The van der Waals surface area contributed by atoms with Crippen LogP contribution in [0.5, 0.6) is 0 Å². The van der Waals surface area contributed by atoms with Crippen LogP contribution in [0, 0.1) is 18.3 Å². The number of aryl methyl sites for hydroxylation is 1. The number of anilines is 1. The predicted molar refractivity (Wildman–Crippen MR) is 109 cm³/mol. The molecule has 4 nitrogen and oxygen atoms in total. The first-order chi connectivity index (χ1) is 13.1. The molecular formula is C22H22N3OS+. The maximum absolute atomic E-state index is 12.7. The summed E-state index contributed by atoms with van der Waals surface area (Å²) < 4.78 is 0. The fraction of sp³-hybridized carbons (Fsp3) is 0.182. The van der Waals surface area contributed by atoms with Crippen LogP contribution in [0.15, 0.2) is 66.0 Å². The second-order valence-corrected chi connectivity index (χ2v) is 7.54. The lowest BCUT2D eigenvalue weighted by Gasteiger charge is -2.19. The lowest BCUT2D eigenvalue weighted by molar-refractivity contribution is -0.703. The summed E-state index contributed by atoms with van der Waals surface area (Å²) in [4.78, 5) is 13.9. The van der Waals surface area contributed by atoms with Crippen molar-refractivity contribution in [1.29, 1.82) is 5.26 Å². The molecule has 2 aromatic carbocycles. The molecule has 2 atom stereocenters. The number of nitrogens with two attached hydrogens (primary N) is 1. The maximum atomic E-state index is 12.7. The highest BCUT2D eigenvalue weighted by atomic mass is 32.1. The Morgan fingerprint density at radius 1 is 1.11 bits per heavy atom. The number of benzene rings is 2. The van der Waals surface area contributed by atoms with Gasteiger partial charge in [0, 0.05) is 11.3 Å². The van der Waals surface area contributed by atoms with E-state index >= 15 is 0 Å². The molecule has 27 heavy (non-hydrogen) atoms. The van der Waals surface area contributed by atoms with E-state index in [-0.39, 0.29) is 18.0 Å². The molecule has 1 amide bonds. The third-order valence-electron chi connectivity index (χ3n) is 4.46. The molecular weight excluding hydrogens is 354 g/mol. The van der Waals surface area contributed by atoms with Crippen molar-refractivity contribution in [2.24, 2.45) is 0 Å². The number of hydrogen-bond acceptors (Lipinski definition) is 3. The number of rotatable bonds is 6. The van der Waals surface area contributed by atoms with E-state index in [0.717, 1.165) is 0 Å². The summed E-state index contributed by atoms with van der Waals surface area (Å²) in [7, 11) is 0. The molecule has 1 aromatic heterocycles. The highest BCUT2D eigenvalue weighted by Crippen LogP contribution is 2.23. The molecule has 136 valence electrons. The molecule has 0 aliphatic rings. The Morgan fingerprint density at radius 3 is 2.41 bits per heavy atom. The fourth-order valence-corrected chi connectivity index (χ4v) is 3.71. The van der Waals surface area contributed by atoms with Gasteiger partial charge in [0.05, 0.1) is 16.5 Å². The number of nitrogens with zero attached hydrogens (tertiary/aromatic N) is 1. The Hall–Kier alpha value is -2.94. The second-order valence-electron chi connectivity index (χ2n) is 6.56. The van der Waals surface area contributed by atoms with E-state index in [1.807, 2.05) is 13.0 Å². The number of nitriles is 1. The van der Waals surface area contributed by atoms with E-state index in [1.54, 1.807) is 35.6 Å². The Morgan fingerprint density at radius 2 is 1.81 bits per heavy atom. The van der Waals surface area contributed by atoms with Crippen molar-refractivity contribution in [2.45, 2.75) is 25.9 Å². The third-order valence-corrected chi connectivity index (χ3v) is 5.42. The molecule has 3 N–H and O–H groups in total. The third kappa shape index (κ3) is 4.82. The highest BCUT2D eigenvalue weighted by Gasteiger charge is 2.25. The topological polar surface area (TPSA) is 69.5 Å². The van der Waals surface area contributed by atoms with E-state index in [1.165, 1.54) is 16.0 Å². The molecule has 0 radical (unpaired) electrons. The number of carbonyl (C=O) groups excluding carboxylic acids is 1. The minimum absolute atomic E-state index is 0.0617. The average molecular weight is 377 g/mol. The normalized spacial score (nSPS) is 12.8. The van der Waals surface area contributed by atoms with Crippen LogP contribution in [0.1, 0.15) is 34.5 Å². The van der Waals surface area contributed by atoms with Crippen LogP contribution in [0.25, 0.3) is 0 Å². The van der Waals surface area contributed by atoms with Crippen molar-refractivity contribution in [3.63, 3.8) is 0 Å². The minimum atomic E-state index is -0.269. The van der Waals surface area contributed by atoms with E-state index in [9.17, 15) is 4.79 Å². The first kappa shape index (κ1) is 18.8. The molecule has 1 heterocycles. The standard InChI is InChI=1S/C22H21N3OS/c1-15-5-9-18(10-6-15)21(20-4-3-13-27-20)24-16(2)22(26)25-19-11-7-17(14-23)8-12-19/h3-13,16,21,24H,1-2H3,(H,25,26)/p+1/t16-,21+/m1/s1. The van der Waals surface area contributed by atoms with Gasteiger partial charge in [-0.1, -0.05) is 35.9 Å². The van der Waals surface area contributed by atoms with Crippen molar-refractivity contribution >= 4 is 22.9 Å². The van der Waals surface area contributed by atoms with Crippen molar-refractivity contribution in [3.05, 3.63) is 87.6 Å². The molecule has 3 rings (SSSR count). The molecule has 5 heteroatoms. The molecule has 0 saturated carbocycles. The summed E-state index contributed by atoms with van der Waals surface area (Å²) >= 11 is 1.70. The van der Waals surface area contributed by atoms with Gasteiger partial charge in [0.25, 0.3) is 5.91 Å². The molecule has 0 spiro atoms. The van der Waals surface area contributed by atoms with Crippen molar-refractivity contribution in [1.82, 2.24) is 0 Å². The zero-order chi connectivity index (χ0) is 19.2. The lowest BCUT2D eigenvalue weighted by atomic mass is 10.0. The van der Waals surface area contributed by atoms with Gasteiger partial charge in [-0.15, -0.1) is 11.3 Å². The van der Waals surface area contributed by atoms with Crippen LogP contribution in [-0.2, 0) is 4.79 Å². The summed E-state index contributed by atoms with van der Waals surface area (Å²) in [6.07, 6.45) is 0. The molecule has 0 aliphatic carbocycles. The molecule has 0 aliphatic heterocycles. The Balaban J connectivity index is 1.73. The highest BCUT2D eigenvalue weighted by molar-refractivity contribution is 7.10. The van der Waals surface area contributed by atoms with Crippen LogP contribution in [0.4, 0.5) is 5.69 Å². The van der Waals surface area contributed by atoms with E-state index < -0.39 is 0 Å². The van der Waals surface area contributed by atoms with Gasteiger partial charge in [-0.3, -0.25) is 4.79 Å². The quantitative estimate of drug-likeness (QED) is 0.690. The van der Waals surface area contributed by atoms with Gasteiger partial charge in [-0.2, -0.15) is 5.26 Å². The summed E-state index contributed by atoms with van der Waals surface area (Å²) in [6, 6.07) is 21.4. The smallest absolute Gasteiger partial charge is 0.282 e. The van der Waals surface area contributed by atoms with E-state index in [2.05, 4.69) is 59.3 Å². The number of thiophene rings is 1. The maximum Gasteiger partial charge on any atom is 0.282 e. The van der Waals surface area contributed by atoms with Crippen LogP contribution in [0.3, 0.4) is 0 Å². The Bertz CT molecular complexity index is 925. The summed E-state index contributed by atoms with van der Waals surface area (Å²) in [5.41, 5.74) is 3.67. The van der Waals surface area contributed by atoms with Crippen molar-refractivity contribution in [2.75, 3.05) is 5.32 Å². The van der Waals surface area contributed by atoms with Gasteiger partial charge in [-0.25, -0.2) is 0 Å². The summed E-state index contributed by atoms with van der Waals surface area (Å²) in [5, 5.41) is 16.0. The van der Waals surface area contributed by atoms with Gasteiger partial charge < -0.3 is 10.6 Å². The summed E-state index contributed by atoms with van der Waals surface area (Å²) in [5.74, 6) is -0.0617. The number of nitrogens with one attached hydrogen (secondary N) is 1.